The predicted octanol–water partition coefficient (Wildman–Crippen LogP) is 3.08. The summed E-state index contributed by atoms with van der Waals surface area (Å²) in [5, 5.41) is 0. The van der Waals surface area contributed by atoms with Gasteiger partial charge < -0.3 is 13.7 Å². The Bertz CT molecular complexity index is 647. The summed E-state index contributed by atoms with van der Waals surface area (Å²) in [6.45, 7) is 1.29. The second kappa shape index (κ2) is 6.74. The maximum atomic E-state index is 5.60. The number of oxazole rings is 1. The van der Waals surface area contributed by atoms with Crippen molar-refractivity contribution in [2.24, 2.45) is 0 Å². The maximum Gasteiger partial charge on any atom is 0.232 e. The topological polar surface area (TPSA) is 53.1 Å². The molecule has 5 heteroatoms. The highest BCUT2D eigenvalue weighted by molar-refractivity contribution is 5.20. The first kappa shape index (κ1) is 13.4. The number of rotatable bonds is 7. The van der Waals surface area contributed by atoms with Crippen LogP contribution in [0.5, 0.6) is 5.75 Å². The monoisotopic (exact) mass is 283 g/mol. The fraction of sp³-hybridized carbons (Fsp3) is 0.250. The lowest BCUT2D eigenvalue weighted by molar-refractivity contribution is 0.263. The molecule has 1 aromatic carbocycles. The molecule has 0 atom stereocenters. The van der Waals surface area contributed by atoms with Crippen molar-refractivity contribution >= 4 is 0 Å². The minimum absolute atomic E-state index is 0.353. The molecular weight excluding hydrogens is 266 g/mol. The molecule has 2 heterocycles. The zero-order valence-corrected chi connectivity index (χ0v) is 11.7. The lowest BCUT2D eigenvalue weighted by atomic mass is 10.2. The van der Waals surface area contributed by atoms with E-state index in [1.54, 1.807) is 12.5 Å². The normalized spacial score (nSPS) is 10.7. The second-order valence-corrected chi connectivity index (χ2v) is 4.74. The molecule has 5 nitrogen and oxygen atoms in total. The Morgan fingerprint density at radius 1 is 1.19 bits per heavy atom. The van der Waals surface area contributed by atoms with Crippen molar-refractivity contribution in [3.63, 3.8) is 0 Å². The van der Waals surface area contributed by atoms with Crippen LogP contribution in [0.15, 0.2) is 59.7 Å². The lowest BCUT2D eigenvalue weighted by Gasteiger charge is -2.02. The summed E-state index contributed by atoms with van der Waals surface area (Å²) in [4.78, 5) is 8.44. The molecule has 0 saturated heterocycles. The van der Waals surface area contributed by atoms with Crippen molar-refractivity contribution in [3.8, 4) is 5.75 Å². The van der Waals surface area contributed by atoms with Crippen LogP contribution in [0.4, 0.5) is 0 Å². The van der Waals surface area contributed by atoms with Crippen molar-refractivity contribution in [1.82, 2.24) is 14.5 Å². The number of ether oxygens (including phenoxy) is 1. The number of nitrogens with zero attached hydrogens (tertiary/aromatic N) is 3. The van der Waals surface area contributed by atoms with Crippen molar-refractivity contribution in [2.75, 3.05) is 0 Å². The molecule has 0 unspecified atom stereocenters. The Morgan fingerprint density at radius 2 is 2.10 bits per heavy atom. The van der Waals surface area contributed by atoms with Crippen LogP contribution in [0, 0.1) is 0 Å². The van der Waals surface area contributed by atoms with Gasteiger partial charge in [-0.05, 0) is 25.0 Å². The van der Waals surface area contributed by atoms with Gasteiger partial charge in [0.15, 0.2) is 6.61 Å². The zero-order valence-electron chi connectivity index (χ0n) is 11.7. The number of imidazole rings is 1. The Hall–Kier alpha value is -2.56. The number of benzene rings is 1. The Morgan fingerprint density at radius 3 is 2.90 bits per heavy atom. The number of aromatic nitrogens is 3. The van der Waals surface area contributed by atoms with Gasteiger partial charge in [0, 0.05) is 18.9 Å². The molecular formula is C16H17N3O2. The molecule has 0 fully saturated rings. The third-order valence-corrected chi connectivity index (χ3v) is 3.11. The fourth-order valence-electron chi connectivity index (χ4n) is 2.05. The van der Waals surface area contributed by atoms with E-state index in [4.69, 9.17) is 9.15 Å². The van der Waals surface area contributed by atoms with E-state index in [0.29, 0.717) is 12.5 Å². The molecule has 0 aliphatic carbocycles. The van der Waals surface area contributed by atoms with Crippen LogP contribution >= 0.6 is 0 Å². The van der Waals surface area contributed by atoms with E-state index in [2.05, 4.69) is 14.5 Å². The third-order valence-electron chi connectivity index (χ3n) is 3.11. The van der Waals surface area contributed by atoms with Gasteiger partial charge in [-0.2, -0.15) is 0 Å². The average Bonchev–Trinajstić information content (AvgIpc) is 3.18. The molecule has 0 saturated carbocycles. The smallest absolute Gasteiger partial charge is 0.232 e. The van der Waals surface area contributed by atoms with Crippen LogP contribution in [-0.2, 0) is 19.6 Å². The highest BCUT2D eigenvalue weighted by Crippen LogP contribution is 2.12. The van der Waals surface area contributed by atoms with E-state index in [1.165, 1.54) is 0 Å². The van der Waals surface area contributed by atoms with Gasteiger partial charge in [0.2, 0.25) is 5.89 Å². The van der Waals surface area contributed by atoms with Crippen LogP contribution < -0.4 is 4.74 Å². The van der Waals surface area contributed by atoms with Crippen molar-refractivity contribution < 1.29 is 9.15 Å². The molecule has 0 bridgehead atoms. The van der Waals surface area contributed by atoms with E-state index in [0.717, 1.165) is 30.8 Å². The van der Waals surface area contributed by atoms with Crippen LogP contribution in [0.2, 0.25) is 0 Å². The molecule has 3 rings (SSSR count). The van der Waals surface area contributed by atoms with Gasteiger partial charge in [-0.15, -0.1) is 0 Å². The summed E-state index contributed by atoms with van der Waals surface area (Å²) >= 11 is 0. The molecule has 0 amide bonds. The molecule has 0 spiro atoms. The Labute approximate surface area is 123 Å². The third kappa shape index (κ3) is 3.95. The molecule has 0 radical (unpaired) electrons. The zero-order chi connectivity index (χ0) is 14.3. The number of hydrogen-bond acceptors (Lipinski definition) is 4. The summed E-state index contributed by atoms with van der Waals surface area (Å²) in [7, 11) is 0. The Kier molecular flexibility index (Phi) is 4.31. The molecule has 3 aromatic rings. The maximum absolute atomic E-state index is 5.60. The van der Waals surface area contributed by atoms with Gasteiger partial charge >= 0.3 is 0 Å². The van der Waals surface area contributed by atoms with Gasteiger partial charge in [-0.25, -0.2) is 9.97 Å². The molecule has 108 valence electrons. The number of aryl methyl sites for hydroxylation is 2. The van der Waals surface area contributed by atoms with Gasteiger partial charge in [0.25, 0.3) is 0 Å². The minimum atomic E-state index is 0.353. The standard InChI is InChI=1S/C16H17N3O2/c1-2-6-15(7-3-1)20-12-16-18-14(11-21-16)5-4-9-19-10-8-17-13-19/h1-3,6-8,10-11,13H,4-5,9,12H2. The summed E-state index contributed by atoms with van der Waals surface area (Å²) in [5.74, 6) is 1.42. The van der Waals surface area contributed by atoms with Gasteiger partial charge in [0.05, 0.1) is 12.0 Å². The van der Waals surface area contributed by atoms with Gasteiger partial charge in [0.1, 0.15) is 12.0 Å². The van der Waals surface area contributed by atoms with E-state index in [9.17, 15) is 0 Å². The first-order chi connectivity index (χ1) is 10.4. The van der Waals surface area contributed by atoms with Gasteiger partial charge in [-0.3, -0.25) is 0 Å². The SMILES string of the molecule is c1ccc(OCc2nc(CCCn3ccnc3)co2)cc1. The van der Waals surface area contributed by atoms with Crippen LogP contribution in [0.3, 0.4) is 0 Å². The first-order valence-corrected chi connectivity index (χ1v) is 6.97. The lowest BCUT2D eigenvalue weighted by Crippen LogP contribution is -1.98. The molecule has 21 heavy (non-hydrogen) atoms. The molecule has 0 aliphatic rings. The van der Waals surface area contributed by atoms with E-state index < -0.39 is 0 Å². The van der Waals surface area contributed by atoms with E-state index in [-0.39, 0.29) is 0 Å². The number of hydrogen-bond donors (Lipinski definition) is 0. The van der Waals surface area contributed by atoms with Crippen molar-refractivity contribution in [2.45, 2.75) is 26.0 Å². The largest absolute Gasteiger partial charge is 0.484 e. The average molecular weight is 283 g/mol. The fourth-order valence-corrected chi connectivity index (χ4v) is 2.05. The molecule has 0 N–H and O–H groups in total. The van der Waals surface area contributed by atoms with E-state index in [1.807, 2.05) is 42.9 Å². The van der Waals surface area contributed by atoms with Gasteiger partial charge in [-0.1, -0.05) is 18.2 Å². The highest BCUT2D eigenvalue weighted by atomic mass is 16.5. The van der Waals surface area contributed by atoms with Crippen molar-refractivity contribution in [3.05, 3.63) is 66.9 Å². The molecule has 0 aliphatic heterocycles. The summed E-state index contributed by atoms with van der Waals surface area (Å²) in [6, 6.07) is 9.65. The number of para-hydroxylation sites is 1. The summed E-state index contributed by atoms with van der Waals surface area (Å²) in [6.07, 6.45) is 9.16. The molecule has 2 aromatic heterocycles. The van der Waals surface area contributed by atoms with Crippen LogP contribution in [0.25, 0.3) is 0 Å². The van der Waals surface area contributed by atoms with E-state index >= 15 is 0 Å². The highest BCUT2D eigenvalue weighted by Gasteiger charge is 2.05. The van der Waals surface area contributed by atoms with Crippen LogP contribution in [0.1, 0.15) is 18.0 Å². The quantitative estimate of drug-likeness (QED) is 0.668. The second-order valence-electron chi connectivity index (χ2n) is 4.74. The first-order valence-electron chi connectivity index (χ1n) is 6.97. The minimum Gasteiger partial charge on any atom is -0.484 e. The predicted molar refractivity (Wildman–Crippen MR) is 77.8 cm³/mol. The summed E-state index contributed by atoms with van der Waals surface area (Å²) in [5.41, 5.74) is 0.960. The van der Waals surface area contributed by atoms with Crippen LogP contribution in [-0.4, -0.2) is 14.5 Å². The summed E-state index contributed by atoms with van der Waals surface area (Å²) < 4.78 is 13.1. The Balaban J connectivity index is 1.45. The van der Waals surface area contributed by atoms with Crippen molar-refractivity contribution in [1.29, 1.82) is 0 Å².